The summed E-state index contributed by atoms with van der Waals surface area (Å²) < 4.78 is 11.4. The van der Waals surface area contributed by atoms with E-state index in [2.05, 4.69) is 4.90 Å². The summed E-state index contributed by atoms with van der Waals surface area (Å²) in [5.41, 5.74) is 6.83. The van der Waals surface area contributed by atoms with Gasteiger partial charge in [-0.05, 0) is 25.3 Å². The zero-order valence-electron chi connectivity index (χ0n) is 10.1. The van der Waals surface area contributed by atoms with Gasteiger partial charge in [0, 0.05) is 24.7 Å². The molecule has 1 saturated carbocycles. The fourth-order valence-electron chi connectivity index (χ4n) is 3.07. The highest BCUT2D eigenvalue weighted by Gasteiger charge is 2.36. The van der Waals surface area contributed by atoms with Gasteiger partial charge in [-0.25, -0.2) is 0 Å². The van der Waals surface area contributed by atoms with Gasteiger partial charge >= 0.3 is 0 Å². The van der Waals surface area contributed by atoms with Gasteiger partial charge < -0.3 is 14.9 Å². The summed E-state index contributed by atoms with van der Waals surface area (Å²) in [5.74, 6) is 1.03. The van der Waals surface area contributed by atoms with Crippen molar-refractivity contribution in [1.82, 2.24) is 4.90 Å². The average Bonchev–Trinajstić information content (AvgIpc) is 2.97. The van der Waals surface area contributed by atoms with E-state index < -0.39 is 0 Å². The van der Waals surface area contributed by atoms with Gasteiger partial charge in [0.15, 0.2) is 0 Å². The van der Waals surface area contributed by atoms with Gasteiger partial charge in [-0.15, -0.1) is 0 Å². The third-order valence-corrected chi connectivity index (χ3v) is 4.00. The van der Waals surface area contributed by atoms with Crippen molar-refractivity contribution in [3.63, 3.8) is 0 Å². The molecule has 1 aliphatic carbocycles. The Hall–Kier alpha value is -0.840. The summed E-state index contributed by atoms with van der Waals surface area (Å²) in [6.45, 7) is 3.29. The quantitative estimate of drug-likeness (QED) is 0.864. The van der Waals surface area contributed by atoms with E-state index in [1.54, 1.807) is 6.26 Å². The maximum absolute atomic E-state index is 5.81. The molecule has 0 radical (unpaired) electrons. The summed E-state index contributed by atoms with van der Waals surface area (Å²) in [6, 6.07) is 2.56. The van der Waals surface area contributed by atoms with Crippen LogP contribution in [0.4, 0.5) is 0 Å². The molecular formula is C13H20N2O2. The number of ether oxygens (including phenoxy) is 1. The van der Waals surface area contributed by atoms with Crippen molar-refractivity contribution in [3.05, 3.63) is 23.7 Å². The molecule has 1 aromatic heterocycles. The lowest BCUT2D eigenvalue weighted by Gasteiger charge is -2.37. The topological polar surface area (TPSA) is 51.6 Å². The van der Waals surface area contributed by atoms with Crippen molar-refractivity contribution in [2.45, 2.75) is 44.5 Å². The van der Waals surface area contributed by atoms with Gasteiger partial charge in [-0.2, -0.15) is 0 Å². The average molecular weight is 236 g/mol. The largest absolute Gasteiger partial charge is 0.468 e. The van der Waals surface area contributed by atoms with Crippen LogP contribution in [-0.4, -0.2) is 30.2 Å². The highest BCUT2D eigenvalue weighted by atomic mass is 16.5. The Morgan fingerprint density at radius 2 is 2.35 bits per heavy atom. The normalized spacial score (nSPS) is 29.5. The molecule has 4 nitrogen and oxygen atoms in total. The Morgan fingerprint density at radius 3 is 3.24 bits per heavy atom. The first kappa shape index (κ1) is 11.3. The van der Waals surface area contributed by atoms with E-state index in [1.807, 2.05) is 6.07 Å². The van der Waals surface area contributed by atoms with Crippen LogP contribution >= 0.6 is 0 Å². The van der Waals surface area contributed by atoms with Crippen molar-refractivity contribution in [3.8, 4) is 0 Å². The van der Waals surface area contributed by atoms with Crippen molar-refractivity contribution in [2.24, 2.45) is 5.73 Å². The van der Waals surface area contributed by atoms with Gasteiger partial charge in [0.05, 0.1) is 25.5 Å². The molecule has 1 saturated heterocycles. The zero-order valence-corrected chi connectivity index (χ0v) is 10.1. The standard InChI is InChI=1S/C13H20N2O2/c14-8-10-4-6-16-13(10)9-15-5-7-17-12-3-1-2-11(12)15/h4,6,11-12H,1-3,5,7-9,14H2. The molecule has 0 bridgehead atoms. The molecule has 0 spiro atoms. The maximum Gasteiger partial charge on any atom is 0.122 e. The minimum atomic E-state index is 0.444. The molecular weight excluding hydrogens is 216 g/mol. The molecule has 3 rings (SSSR count). The van der Waals surface area contributed by atoms with Crippen molar-refractivity contribution in [2.75, 3.05) is 13.2 Å². The van der Waals surface area contributed by atoms with E-state index in [-0.39, 0.29) is 0 Å². The molecule has 2 atom stereocenters. The van der Waals surface area contributed by atoms with E-state index >= 15 is 0 Å². The second kappa shape index (κ2) is 4.80. The Balaban J connectivity index is 1.71. The lowest BCUT2D eigenvalue weighted by molar-refractivity contribution is -0.0607. The molecule has 2 aliphatic rings. The summed E-state index contributed by atoms with van der Waals surface area (Å²) in [4.78, 5) is 2.50. The first-order chi connectivity index (χ1) is 8.38. The van der Waals surface area contributed by atoms with Crippen LogP contribution < -0.4 is 5.73 Å². The first-order valence-electron chi connectivity index (χ1n) is 6.49. The fourth-order valence-corrected chi connectivity index (χ4v) is 3.07. The van der Waals surface area contributed by atoms with Crippen LogP contribution in [-0.2, 0) is 17.8 Å². The van der Waals surface area contributed by atoms with Crippen LogP contribution in [0, 0.1) is 0 Å². The van der Waals surface area contributed by atoms with Crippen molar-refractivity contribution >= 4 is 0 Å². The highest BCUT2D eigenvalue weighted by molar-refractivity contribution is 5.16. The first-order valence-corrected chi connectivity index (χ1v) is 6.49. The predicted octanol–water partition coefficient (Wildman–Crippen LogP) is 1.49. The van der Waals surface area contributed by atoms with E-state index in [0.717, 1.165) is 31.0 Å². The number of nitrogens with two attached hydrogens (primary N) is 1. The van der Waals surface area contributed by atoms with Crippen LogP contribution in [0.2, 0.25) is 0 Å². The number of fused-ring (bicyclic) bond motifs is 1. The molecule has 0 amide bonds. The van der Waals surface area contributed by atoms with Crippen molar-refractivity contribution < 1.29 is 9.15 Å². The molecule has 4 heteroatoms. The molecule has 2 fully saturated rings. The number of hydrogen-bond acceptors (Lipinski definition) is 4. The number of furan rings is 1. The van der Waals surface area contributed by atoms with Crippen LogP contribution in [0.15, 0.2) is 16.7 Å². The molecule has 2 N–H and O–H groups in total. The Kier molecular flexibility index (Phi) is 3.18. The van der Waals surface area contributed by atoms with E-state index in [0.29, 0.717) is 18.7 Å². The molecule has 1 aliphatic heterocycles. The maximum atomic E-state index is 5.81. The van der Waals surface area contributed by atoms with Gasteiger partial charge in [0.25, 0.3) is 0 Å². The molecule has 0 aromatic carbocycles. The van der Waals surface area contributed by atoms with Crippen LogP contribution in [0.25, 0.3) is 0 Å². The number of hydrogen-bond donors (Lipinski definition) is 1. The molecule has 1 aromatic rings. The number of rotatable bonds is 3. The Bertz CT molecular complexity index is 377. The Morgan fingerprint density at radius 1 is 1.41 bits per heavy atom. The zero-order chi connectivity index (χ0) is 11.7. The van der Waals surface area contributed by atoms with Crippen LogP contribution in [0.1, 0.15) is 30.6 Å². The van der Waals surface area contributed by atoms with Gasteiger partial charge in [0.2, 0.25) is 0 Å². The minimum absolute atomic E-state index is 0.444. The third kappa shape index (κ3) is 2.12. The number of morpholine rings is 1. The lowest BCUT2D eigenvalue weighted by Crippen LogP contribution is -2.47. The fraction of sp³-hybridized carbons (Fsp3) is 0.692. The van der Waals surface area contributed by atoms with E-state index in [1.165, 1.54) is 19.3 Å². The highest BCUT2D eigenvalue weighted by Crippen LogP contribution is 2.31. The molecule has 2 heterocycles. The second-order valence-electron chi connectivity index (χ2n) is 4.95. The second-order valence-corrected chi connectivity index (χ2v) is 4.95. The summed E-state index contributed by atoms with van der Waals surface area (Å²) in [5, 5.41) is 0. The van der Waals surface area contributed by atoms with Crippen LogP contribution in [0.5, 0.6) is 0 Å². The van der Waals surface area contributed by atoms with Gasteiger partial charge in [-0.3, -0.25) is 4.90 Å². The molecule has 94 valence electrons. The summed E-state index contributed by atoms with van der Waals surface area (Å²) in [6.07, 6.45) is 5.93. The summed E-state index contributed by atoms with van der Waals surface area (Å²) in [7, 11) is 0. The smallest absolute Gasteiger partial charge is 0.122 e. The van der Waals surface area contributed by atoms with Gasteiger partial charge in [-0.1, -0.05) is 0 Å². The number of nitrogens with zero attached hydrogens (tertiary/aromatic N) is 1. The third-order valence-electron chi connectivity index (χ3n) is 4.00. The summed E-state index contributed by atoms with van der Waals surface area (Å²) >= 11 is 0. The minimum Gasteiger partial charge on any atom is -0.468 e. The SMILES string of the molecule is NCc1ccoc1CN1CCOC2CCCC21. The molecule has 17 heavy (non-hydrogen) atoms. The van der Waals surface area contributed by atoms with Crippen LogP contribution in [0.3, 0.4) is 0 Å². The predicted molar refractivity (Wildman–Crippen MR) is 64.4 cm³/mol. The van der Waals surface area contributed by atoms with E-state index in [4.69, 9.17) is 14.9 Å². The monoisotopic (exact) mass is 236 g/mol. The Labute approximate surface area is 102 Å². The van der Waals surface area contributed by atoms with E-state index in [9.17, 15) is 0 Å². The molecule has 2 unspecified atom stereocenters. The lowest BCUT2D eigenvalue weighted by atomic mass is 10.1. The van der Waals surface area contributed by atoms with Crippen molar-refractivity contribution in [1.29, 1.82) is 0 Å². The van der Waals surface area contributed by atoms with Gasteiger partial charge in [0.1, 0.15) is 5.76 Å².